The highest BCUT2D eigenvalue weighted by atomic mass is 16.5. The normalized spacial score (nSPS) is 25.5. The van der Waals surface area contributed by atoms with Crippen LogP contribution in [0, 0.1) is 13.8 Å². The summed E-state index contributed by atoms with van der Waals surface area (Å²) < 4.78 is 5.72. The van der Waals surface area contributed by atoms with Gasteiger partial charge < -0.3 is 10.5 Å². The quantitative estimate of drug-likeness (QED) is 0.795. The third-order valence-electron chi connectivity index (χ3n) is 2.98. The van der Waals surface area contributed by atoms with Gasteiger partial charge in [0, 0.05) is 12.1 Å². The lowest BCUT2D eigenvalue weighted by Gasteiger charge is -2.16. The Kier molecular flexibility index (Phi) is 2.86. The third kappa shape index (κ3) is 2.26. The Morgan fingerprint density at radius 1 is 1.33 bits per heavy atom. The zero-order valence-electron chi connectivity index (χ0n) is 9.23. The summed E-state index contributed by atoms with van der Waals surface area (Å²) in [4.78, 5) is 0. The molecule has 4 heteroatoms. The largest absolute Gasteiger partial charge is 0.472 e. The van der Waals surface area contributed by atoms with Crippen LogP contribution in [0.3, 0.4) is 0 Å². The van der Waals surface area contributed by atoms with Gasteiger partial charge in [-0.2, -0.15) is 5.10 Å². The summed E-state index contributed by atoms with van der Waals surface area (Å²) >= 11 is 0. The number of hydrogen-bond donors (Lipinski definition) is 1. The van der Waals surface area contributed by atoms with E-state index in [1.165, 1.54) is 0 Å². The highest BCUT2D eigenvalue weighted by Gasteiger charge is 2.26. The lowest BCUT2D eigenvalue weighted by molar-refractivity contribution is 0.181. The number of ether oxygens (including phenoxy) is 1. The van der Waals surface area contributed by atoms with Crippen LogP contribution in [0.25, 0.3) is 0 Å². The molecule has 2 rings (SSSR count). The number of aryl methyl sites for hydroxylation is 2. The van der Waals surface area contributed by atoms with E-state index in [2.05, 4.69) is 10.2 Å². The molecule has 0 aromatic carbocycles. The van der Waals surface area contributed by atoms with Crippen molar-refractivity contribution in [1.82, 2.24) is 10.2 Å². The number of nitrogens with zero attached hydrogens (tertiary/aromatic N) is 2. The topological polar surface area (TPSA) is 61.0 Å². The Balaban J connectivity index is 2.07. The van der Waals surface area contributed by atoms with Gasteiger partial charge in [-0.3, -0.25) is 0 Å². The van der Waals surface area contributed by atoms with E-state index in [9.17, 15) is 0 Å². The molecule has 2 N–H and O–H groups in total. The molecule has 1 aliphatic rings. The van der Waals surface area contributed by atoms with Gasteiger partial charge in [-0.05, 0) is 38.7 Å². The molecule has 1 aliphatic carbocycles. The van der Waals surface area contributed by atoms with Crippen LogP contribution in [0.4, 0.5) is 0 Å². The number of nitrogens with two attached hydrogens (primary N) is 1. The van der Waals surface area contributed by atoms with E-state index < -0.39 is 0 Å². The second kappa shape index (κ2) is 4.14. The van der Waals surface area contributed by atoms with Crippen LogP contribution in [0.15, 0.2) is 6.07 Å². The van der Waals surface area contributed by atoms with E-state index >= 15 is 0 Å². The molecule has 0 bridgehead atoms. The molecule has 0 unspecified atom stereocenters. The number of aromatic nitrogens is 2. The Labute approximate surface area is 89.8 Å². The summed E-state index contributed by atoms with van der Waals surface area (Å²) in [5.41, 5.74) is 7.97. The molecule has 0 amide bonds. The van der Waals surface area contributed by atoms with Gasteiger partial charge in [-0.15, -0.1) is 5.10 Å². The van der Waals surface area contributed by atoms with E-state index in [-0.39, 0.29) is 12.1 Å². The Hall–Kier alpha value is -1.16. The molecular formula is C11H17N3O. The van der Waals surface area contributed by atoms with Crippen molar-refractivity contribution in [2.45, 2.75) is 45.3 Å². The van der Waals surface area contributed by atoms with Gasteiger partial charge in [-0.1, -0.05) is 0 Å². The zero-order valence-corrected chi connectivity index (χ0v) is 9.23. The summed E-state index contributed by atoms with van der Waals surface area (Å²) in [7, 11) is 0. The molecule has 1 saturated carbocycles. The van der Waals surface area contributed by atoms with E-state index in [1.807, 2.05) is 19.9 Å². The number of rotatable bonds is 2. The predicted octanol–water partition coefficient (Wildman–Crippen LogP) is 1.35. The molecular weight excluding hydrogens is 190 g/mol. The van der Waals surface area contributed by atoms with Crippen molar-refractivity contribution in [2.24, 2.45) is 5.73 Å². The first kappa shape index (κ1) is 10.4. The van der Waals surface area contributed by atoms with Crippen LogP contribution in [0.1, 0.15) is 30.5 Å². The Morgan fingerprint density at radius 3 is 2.73 bits per heavy atom. The van der Waals surface area contributed by atoms with Crippen molar-refractivity contribution < 1.29 is 4.74 Å². The summed E-state index contributed by atoms with van der Waals surface area (Å²) in [6.45, 7) is 3.94. The molecule has 0 aliphatic heterocycles. The average molecular weight is 207 g/mol. The SMILES string of the molecule is Cc1cc(O[C@@H]2CCC[C@H]2N)nnc1C. The minimum absolute atomic E-state index is 0.112. The minimum atomic E-state index is 0.112. The molecule has 4 nitrogen and oxygen atoms in total. The molecule has 1 fully saturated rings. The van der Waals surface area contributed by atoms with Gasteiger partial charge in [0.25, 0.3) is 0 Å². The molecule has 82 valence electrons. The second-order valence-electron chi connectivity index (χ2n) is 4.20. The summed E-state index contributed by atoms with van der Waals surface area (Å²) in [5, 5.41) is 8.04. The Bertz CT molecular complexity index is 354. The monoisotopic (exact) mass is 207 g/mol. The van der Waals surface area contributed by atoms with Gasteiger partial charge in [0.1, 0.15) is 6.10 Å². The predicted molar refractivity (Wildman–Crippen MR) is 57.7 cm³/mol. The van der Waals surface area contributed by atoms with E-state index in [0.717, 1.165) is 30.5 Å². The van der Waals surface area contributed by atoms with Crippen molar-refractivity contribution in [2.75, 3.05) is 0 Å². The Morgan fingerprint density at radius 2 is 2.13 bits per heavy atom. The zero-order chi connectivity index (χ0) is 10.8. The summed E-state index contributed by atoms with van der Waals surface area (Å²) in [6, 6.07) is 2.07. The summed E-state index contributed by atoms with van der Waals surface area (Å²) in [6.07, 6.45) is 3.32. The first-order valence-corrected chi connectivity index (χ1v) is 5.40. The van der Waals surface area contributed by atoms with Gasteiger partial charge in [0.05, 0.1) is 5.69 Å². The van der Waals surface area contributed by atoms with Crippen LogP contribution in [0.2, 0.25) is 0 Å². The van der Waals surface area contributed by atoms with Crippen LogP contribution in [0.5, 0.6) is 5.88 Å². The van der Waals surface area contributed by atoms with Crippen LogP contribution in [-0.2, 0) is 0 Å². The minimum Gasteiger partial charge on any atom is -0.472 e. The highest BCUT2D eigenvalue weighted by molar-refractivity contribution is 5.21. The van der Waals surface area contributed by atoms with Gasteiger partial charge in [0.2, 0.25) is 5.88 Å². The summed E-state index contributed by atoms with van der Waals surface area (Å²) in [5.74, 6) is 0.598. The lowest BCUT2D eigenvalue weighted by atomic mass is 10.2. The third-order valence-corrected chi connectivity index (χ3v) is 2.98. The first-order valence-electron chi connectivity index (χ1n) is 5.40. The van der Waals surface area contributed by atoms with E-state index in [1.54, 1.807) is 0 Å². The fourth-order valence-corrected chi connectivity index (χ4v) is 1.84. The molecule has 1 aromatic rings. The van der Waals surface area contributed by atoms with Crippen molar-refractivity contribution >= 4 is 0 Å². The maximum absolute atomic E-state index is 5.92. The molecule has 15 heavy (non-hydrogen) atoms. The van der Waals surface area contributed by atoms with E-state index in [4.69, 9.17) is 10.5 Å². The van der Waals surface area contributed by atoms with Crippen LogP contribution < -0.4 is 10.5 Å². The average Bonchev–Trinajstić information content (AvgIpc) is 2.59. The maximum atomic E-state index is 5.92. The first-order chi connectivity index (χ1) is 7.16. The second-order valence-corrected chi connectivity index (χ2v) is 4.20. The standard InChI is InChI=1S/C11H17N3O/c1-7-6-11(14-13-8(7)2)15-10-5-3-4-9(10)12/h6,9-10H,3-5,12H2,1-2H3/t9-,10-/m1/s1. The van der Waals surface area contributed by atoms with Crippen LogP contribution >= 0.6 is 0 Å². The van der Waals surface area contributed by atoms with Crippen molar-refractivity contribution in [1.29, 1.82) is 0 Å². The van der Waals surface area contributed by atoms with E-state index in [0.29, 0.717) is 5.88 Å². The number of hydrogen-bond acceptors (Lipinski definition) is 4. The van der Waals surface area contributed by atoms with Crippen molar-refractivity contribution in [3.05, 3.63) is 17.3 Å². The molecule has 0 radical (unpaired) electrons. The van der Waals surface area contributed by atoms with Crippen molar-refractivity contribution in [3.8, 4) is 5.88 Å². The highest BCUT2D eigenvalue weighted by Crippen LogP contribution is 2.22. The van der Waals surface area contributed by atoms with Gasteiger partial charge in [0.15, 0.2) is 0 Å². The van der Waals surface area contributed by atoms with Crippen LogP contribution in [-0.4, -0.2) is 22.3 Å². The van der Waals surface area contributed by atoms with Gasteiger partial charge in [-0.25, -0.2) is 0 Å². The molecule has 1 heterocycles. The van der Waals surface area contributed by atoms with Gasteiger partial charge >= 0.3 is 0 Å². The smallest absolute Gasteiger partial charge is 0.233 e. The maximum Gasteiger partial charge on any atom is 0.233 e. The molecule has 0 spiro atoms. The molecule has 2 atom stereocenters. The lowest BCUT2D eigenvalue weighted by Crippen LogP contribution is -2.33. The molecule has 1 aromatic heterocycles. The molecule has 0 saturated heterocycles. The van der Waals surface area contributed by atoms with Crippen molar-refractivity contribution in [3.63, 3.8) is 0 Å². The fourth-order valence-electron chi connectivity index (χ4n) is 1.84. The fraction of sp³-hybridized carbons (Fsp3) is 0.636.